The molecule has 1 aromatic carbocycles. The summed E-state index contributed by atoms with van der Waals surface area (Å²) in [5, 5.41) is 9.51. The van der Waals surface area contributed by atoms with Crippen molar-refractivity contribution in [1.82, 2.24) is 4.37 Å². The monoisotopic (exact) mass is 305 g/mol. The van der Waals surface area contributed by atoms with Gasteiger partial charge in [-0.25, -0.2) is 4.79 Å². The molecule has 0 spiro atoms. The number of nitrogens with zero attached hydrogens (tertiary/aromatic N) is 2. The maximum atomic E-state index is 12.4. The highest BCUT2D eigenvalue weighted by atomic mass is 32.1. The van der Waals surface area contributed by atoms with E-state index in [1.54, 1.807) is 31.2 Å². The summed E-state index contributed by atoms with van der Waals surface area (Å²) >= 11 is 0.972. The fourth-order valence-electron chi connectivity index (χ4n) is 1.94. The summed E-state index contributed by atoms with van der Waals surface area (Å²) < 4.78 is 4.00. The number of nitrogens with two attached hydrogens (primary N) is 1. The van der Waals surface area contributed by atoms with Gasteiger partial charge in [-0.1, -0.05) is 30.3 Å². The minimum Gasteiger partial charge on any atom is -0.478 e. The van der Waals surface area contributed by atoms with Crippen molar-refractivity contribution in [2.24, 2.45) is 5.73 Å². The van der Waals surface area contributed by atoms with Crippen LogP contribution in [-0.4, -0.2) is 28.4 Å². The third kappa shape index (κ3) is 2.93. The van der Waals surface area contributed by atoms with Gasteiger partial charge in [0.15, 0.2) is 0 Å². The predicted octanol–water partition coefficient (Wildman–Crippen LogP) is 1.81. The number of anilines is 1. The number of carbonyl (C=O) groups excluding carboxylic acids is 1. The van der Waals surface area contributed by atoms with Gasteiger partial charge in [0.1, 0.15) is 16.6 Å². The Kier molecular flexibility index (Phi) is 4.35. The van der Waals surface area contributed by atoms with Gasteiger partial charge in [-0.2, -0.15) is 4.37 Å². The van der Waals surface area contributed by atoms with Crippen LogP contribution in [0.2, 0.25) is 0 Å². The highest BCUT2D eigenvalue weighted by molar-refractivity contribution is 7.11. The Balaban J connectivity index is 2.30. The molecule has 2 rings (SSSR count). The van der Waals surface area contributed by atoms with E-state index in [4.69, 9.17) is 5.73 Å². The number of rotatable bonds is 4. The Labute approximate surface area is 126 Å². The number of likely N-dealkylation sites (N-methyl/N-ethyl adjacent to an activating group) is 1. The lowest BCUT2D eigenvalue weighted by atomic mass is 10.1. The fraction of sp³-hybridized carbons (Fsp3) is 0.214. The van der Waals surface area contributed by atoms with Crippen molar-refractivity contribution in [2.45, 2.75) is 13.0 Å². The van der Waals surface area contributed by atoms with E-state index in [0.29, 0.717) is 11.3 Å². The summed E-state index contributed by atoms with van der Waals surface area (Å²) in [4.78, 5) is 24.9. The molecule has 6 nitrogen and oxygen atoms in total. The summed E-state index contributed by atoms with van der Waals surface area (Å²) in [6.07, 6.45) is 0. The van der Waals surface area contributed by atoms with E-state index in [-0.39, 0.29) is 16.5 Å². The second-order valence-corrected chi connectivity index (χ2v) is 5.29. The number of carbonyl (C=O) groups is 2. The van der Waals surface area contributed by atoms with Crippen LogP contribution >= 0.6 is 11.5 Å². The second-order valence-electron chi connectivity index (χ2n) is 4.54. The molecule has 0 aliphatic carbocycles. The first-order valence-corrected chi connectivity index (χ1v) is 6.98. The maximum Gasteiger partial charge on any atom is 0.340 e. The summed E-state index contributed by atoms with van der Waals surface area (Å²) in [7, 11) is 1.50. The van der Waals surface area contributed by atoms with Gasteiger partial charge in [-0.05, 0) is 24.0 Å². The zero-order valence-electron chi connectivity index (χ0n) is 11.6. The topological polar surface area (TPSA) is 96.5 Å². The van der Waals surface area contributed by atoms with E-state index in [2.05, 4.69) is 4.37 Å². The molecule has 1 amide bonds. The van der Waals surface area contributed by atoms with Gasteiger partial charge in [-0.3, -0.25) is 4.79 Å². The maximum absolute atomic E-state index is 12.4. The Morgan fingerprint density at radius 3 is 2.52 bits per heavy atom. The molecule has 1 heterocycles. The van der Waals surface area contributed by atoms with Crippen LogP contribution in [0, 0.1) is 6.92 Å². The summed E-state index contributed by atoms with van der Waals surface area (Å²) in [6, 6.07) is 8.09. The Hall–Kier alpha value is -2.25. The van der Waals surface area contributed by atoms with E-state index in [0.717, 1.165) is 11.5 Å². The number of aryl methyl sites for hydroxylation is 1. The third-order valence-corrected chi connectivity index (χ3v) is 4.13. The molecule has 0 aliphatic rings. The van der Waals surface area contributed by atoms with E-state index in [1.165, 1.54) is 11.9 Å². The number of carboxylic acids is 1. The Morgan fingerprint density at radius 2 is 1.95 bits per heavy atom. The number of benzene rings is 1. The summed E-state index contributed by atoms with van der Waals surface area (Å²) in [6.45, 7) is 1.60. The van der Waals surface area contributed by atoms with Crippen molar-refractivity contribution < 1.29 is 14.7 Å². The van der Waals surface area contributed by atoms with Gasteiger partial charge in [-0.15, -0.1) is 0 Å². The Morgan fingerprint density at radius 1 is 1.33 bits per heavy atom. The number of hydrogen-bond donors (Lipinski definition) is 2. The minimum atomic E-state index is -1.11. The van der Waals surface area contributed by atoms with Crippen molar-refractivity contribution in [2.75, 3.05) is 11.9 Å². The second kappa shape index (κ2) is 6.02. The average Bonchev–Trinajstić information content (AvgIpc) is 2.87. The molecule has 1 atom stereocenters. The first-order chi connectivity index (χ1) is 9.93. The van der Waals surface area contributed by atoms with Crippen LogP contribution in [0.4, 0.5) is 5.00 Å². The summed E-state index contributed by atoms with van der Waals surface area (Å²) in [5.74, 6) is -1.49. The molecule has 0 unspecified atom stereocenters. The van der Waals surface area contributed by atoms with Gasteiger partial charge in [0.25, 0.3) is 0 Å². The molecule has 110 valence electrons. The van der Waals surface area contributed by atoms with Crippen LogP contribution in [0.3, 0.4) is 0 Å². The number of hydrogen-bond acceptors (Lipinski definition) is 5. The SMILES string of the molecule is Cc1nsc(N(C)C(=O)[C@H](N)c2ccccc2)c1C(=O)O. The minimum absolute atomic E-state index is 0.0381. The van der Waals surface area contributed by atoms with Gasteiger partial charge in [0, 0.05) is 7.05 Å². The molecule has 0 saturated heterocycles. The van der Waals surface area contributed by atoms with Crippen LogP contribution < -0.4 is 10.6 Å². The average molecular weight is 305 g/mol. The quantitative estimate of drug-likeness (QED) is 0.898. The van der Waals surface area contributed by atoms with E-state index >= 15 is 0 Å². The van der Waals surface area contributed by atoms with Crippen molar-refractivity contribution in [3.63, 3.8) is 0 Å². The normalized spacial score (nSPS) is 12.0. The molecule has 1 aromatic heterocycles. The van der Waals surface area contributed by atoms with Crippen LogP contribution in [0.15, 0.2) is 30.3 Å². The molecule has 0 radical (unpaired) electrons. The number of aromatic nitrogens is 1. The van der Waals surface area contributed by atoms with Gasteiger partial charge >= 0.3 is 5.97 Å². The Bertz CT molecular complexity index is 669. The first-order valence-electron chi connectivity index (χ1n) is 6.21. The molecule has 2 aromatic rings. The number of amides is 1. The molecule has 0 saturated carbocycles. The van der Waals surface area contributed by atoms with E-state index in [1.807, 2.05) is 6.07 Å². The lowest BCUT2D eigenvalue weighted by Gasteiger charge is -2.20. The van der Waals surface area contributed by atoms with Crippen molar-refractivity contribution in [1.29, 1.82) is 0 Å². The van der Waals surface area contributed by atoms with Gasteiger partial charge in [0.2, 0.25) is 5.91 Å². The smallest absolute Gasteiger partial charge is 0.340 e. The van der Waals surface area contributed by atoms with Crippen LogP contribution in [-0.2, 0) is 4.79 Å². The molecule has 21 heavy (non-hydrogen) atoms. The molecule has 0 aliphatic heterocycles. The summed E-state index contributed by atoms with van der Waals surface area (Å²) in [5.41, 5.74) is 7.05. The van der Waals surface area contributed by atoms with Gasteiger partial charge in [0.05, 0.1) is 5.69 Å². The largest absolute Gasteiger partial charge is 0.478 e. The standard InChI is InChI=1S/C14H15N3O3S/c1-8-10(14(19)20)13(21-16-8)17(2)12(18)11(15)9-6-4-3-5-7-9/h3-7,11H,15H2,1-2H3,(H,19,20)/t11-/m1/s1. The van der Waals surface area contributed by atoms with E-state index in [9.17, 15) is 14.7 Å². The molecular formula is C14H15N3O3S. The number of carboxylic acid groups (broad SMARTS) is 1. The zero-order valence-corrected chi connectivity index (χ0v) is 12.4. The van der Waals surface area contributed by atoms with Crippen LogP contribution in [0.25, 0.3) is 0 Å². The predicted molar refractivity (Wildman–Crippen MR) is 80.6 cm³/mol. The lowest BCUT2D eigenvalue weighted by Crippen LogP contribution is -2.36. The van der Waals surface area contributed by atoms with Crippen molar-refractivity contribution in [3.05, 3.63) is 47.2 Å². The van der Waals surface area contributed by atoms with Crippen LogP contribution in [0.1, 0.15) is 27.7 Å². The van der Waals surface area contributed by atoms with Crippen LogP contribution in [0.5, 0.6) is 0 Å². The molecule has 7 heteroatoms. The number of aromatic carboxylic acids is 1. The highest BCUT2D eigenvalue weighted by Gasteiger charge is 2.27. The lowest BCUT2D eigenvalue weighted by molar-refractivity contribution is -0.119. The fourth-order valence-corrected chi connectivity index (χ4v) is 2.80. The zero-order chi connectivity index (χ0) is 15.6. The molecule has 0 bridgehead atoms. The third-order valence-electron chi connectivity index (χ3n) is 3.12. The van der Waals surface area contributed by atoms with Gasteiger partial charge < -0.3 is 15.7 Å². The molecule has 0 fully saturated rings. The van der Waals surface area contributed by atoms with Crippen molar-refractivity contribution in [3.8, 4) is 0 Å². The van der Waals surface area contributed by atoms with E-state index < -0.39 is 12.0 Å². The molecular weight excluding hydrogens is 290 g/mol. The van der Waals surface area contributed by atoms with Crippen molar-refractivity contribution >= 4 is 28.4 Å². The molecule has 3 N–H and O–H groups in total. The highest BCUT2D eigenvalue weighted by Crippen LogP contribution is 2.29. The first kappa shape index (κ1) is 15.1.